The van der Waals surface area contributed by atoms with E-state index < -0.39 is 5.54 Å². The van der Waals surface area contributed by atoms with E-state index in [1.165, 1.54) is 4.88 Å². The lowest BCUT2D eigenvalue weighted by atomic mass is 9.94. The van der Waals surface area contributed by atoms with E-state index in [4.69, 9.17) is 5.26 Å². The van der Waals surface area contributed by atoms with Crippen LogP contribution in [0.5, 0.6) is 0 Å². The van der Waals surface area contributed by atoms with Gasteiger partial charge in [0, 0.05) is 11.3 Å². The van der Waals surface area contributed by atoms with Crippen LogP contribution in [0.1, 0.15) is 44.4 Å². The van der Waals surface area contributed by atoms with Gasteiger partial charge in [-0.25, -0.2) is 0 Å². The second kappa shape index (κ2) is 7.17. The number of hydrogen-bond acceptors (Lipinski definition) is 3. The lowest BCUT2D eigenvalue weighted by Gasteiger charge is -2.24. The number of nitrogens with zero attached hydrogens (tertiary/aromatic N) is 1. The number of thiophene rings is 1. The molecule has 0 atom stereocenters. The Balaban J connectivity index is 2.35. The van der Waals surface area contributed by atoms with Gasteiger partial charge in [0.05, 0.1) is 6.07 Å². The second-order valence-corrected chi connectivity index (χ2v) is 5.41. The first kappa shape index (κ1) is 14.7. The third-order valence-corrected chi connectivity index (χ3v) is 4.14. The lowest BCUT2D eigenvalue weighted by molar-refractivity contribution is -0.122. The first-order valence-corrected chi connectivity index (χ1v) is 7.28. The van der Waals surface area contributed by atoms with E-state index >= 15 is 0 Å². The molecule has 3 nitrogen and oxygen atoms in total. The van der Waals surface area contributed by atoms with Crippen LogP contribution in [0.15, 0.2) is 17.5 Å². The molecule has 0 saturated carbocycles. The molecule has 0 radical (unpaired) electrons. The van der Waals surface area contributed by atoms with Gasteiger partial charge in [0.15, 0.2) is 0 Å². The maximum absolute atomic E-state index is 11.8. The molecule has 1 N–H and O–H groups in total. The van der Waals surface area contributed by atoms with Crippen LogP contribution in [0.25, 0.3) is 0 Å². The average Bonchev–Trinajstić information content (AvgIpc) is 2.89. The highest BCUT2D eigenvalue weighted by Crippen LogP contribution is 2.15. The normalized spacial score (nSPS) is 10.9. The van der Waals surface area contributed by atoms with Crippen molar-refractivity contribution in [1.82, 2.24) is 5.32 Å². The van der Waals surface area contributed by atoms with E-state index in [0.29, 0.717) is 19.3 Å². The van der Waals surface area contributed by atoms with Crippen LogP contribution in [-0.2, 0) is 11.2 Å². The SMILES string of the molecule is CCC(C#N)(CC)NC(=O)CCCc1cccs1. The molecule has 0 aromatic carbocycles. The van der Waals surface area contributed by atoms with Crippen LogP contribution in [0, 0.1) is 11.3 Å². The van der Waals surface area contributed by atoms with Crippen LogP contribution in [0.2, 0.25) is 0 Å². The molecular formula is C14H20N2OS. The zero-order valence-electron chi connectivity index (χ0n) is 11.0. The molecule has 4 heteroatoms. The van der Waals surface area contributed by atoms with Crippen molar-refractivity contribution in [2.45, 2.75) is 51.5 Å². The number of rotatable bonds is 7. The van der Waals surface area contributed by atoms with Crippen LogP contribution in [-0.4, -0.2) is 11.4 Å². The molecule has 0 bridgehead atoms. The molecule has 0 saturated heterocycles. The van der Waals surface area contributed by atoms with Crippen LogP contribution in [0.3, 0.4) is 0 Å². The monoisotopic (exact) mass is 264 g/mol. The van der Waals surface area contributed by atoms with Gasteiger partial charge in [0.25, 0.3) is 0 Å². The number of amides is 1. The van der Waals surface area contributed by atoms with E-state index in [9.17, 15) is 4.79 Å². The quantitative estimate of drug-likeness (QED) is 0.821. The highest BCUT2D eigenvalue weighted by atomic mass is 32.1. The fourth-order valence-corrected chi connectivity index (χ4v) is 2.57. The summed E-state index contributed by atoms with van der Waals surface area (Å²) < 4.78 is 0. The fourth-order valence-electron chi connectivity index (χ4n) is 1.82. The van der Waals surface area contributed by atoms with Crippen LogP contribution < -0.4 is 5.32 Å². The molecule has 0 spiro atoms. The molecule has 0 aliphatic rings. The third kappa shape index (κ3) is 4.15. The molecule has 0 aliphatic carbocycles. The number of aryl methyl sites for hydroxylation is 1. The molecular weight excluding hydrogens is 244 g/mol. The first-order chi connectivity index (χ1) is 8.65. The summed E-state index contributed by atoms with van der Waals surface area (Å²) >= 11 is 1.72. The van der Waals surface area contributed by atoms with Crippen molar-refractivity contribution in [3.8, 4) is 6.07 Å². The smallest absolute Gasteiger partial charge is 0.221 e. The Labute approximate surface area is 113 Å². The van der Waals surface area contributed by atoms with Crippen molar-refractivity contribution >= 4 is 17.2 Å². The minimum atomic E-state index is -0.681. The van der Waals surface area contributed by atoms with Gasteiger partial charge in [-0.2, -0.15) is 5.26 Å². The van der Waals surface area contributed by atoms with Crippen molar-refractivity contribution in [3.05, 3.63) is 22.4 Å². The van der Waals surface area contributed by atoms with Crippen molar-refractivity contribution in [1.29, 1.82) is 5.26 Å². The number of carbonyl (C=O) groups excluding carboxylic acids is 1. The van der Waals surface area contributed by atoms with E-state index in [-0.39, 0.29) is 5.91 Å². The Hall–Kier alpha value is -1.34. The maximum Gasteiger partial charge on any atom is 0.221 e. The molecule has 1 rings (SSSR count). The third-order valence-electron chi connectivity index (χ3n) is 3.21. The fraction of sp³-hybridized carbons (Fsp3) is 0.571. The molecule has 18 heavy (non-hydrogen) atoms. The summed E-state index contributed by atoms with van der Waals surface area (Å²) in [6.45, 7) is 3.86. The van der Waals surface area contributed by atoms with E-state index in [1.54, 1.807) is 11.3 Å². The number of nitriles is 1. The van der Waals surface area contributed by atoms with Gasteiger partial charge < -0.3 is 5.32 Å². The summed E-state index contributed by atoms with van der Waals surface area (Å²) in [4.78, 5) is 13.1. The topological polar surface area (TPSA) is 52.9 Å². The largest absolute Gasteiger partial charge is 0.338 e. The van der Waals surface area contributed by atoms with E-state index in [0.717, 1.165) is 12.8 Å². The van der Waals surface area contributed by atoms with Crippen LogP contribution in [0.4, 0.5) is 0 Å². The van der Waals surface area contributed by atoms with E-state index in [2.05, 4.69) is 17.5 Å². The minimum Gasteiger partial charge on any atom is -0.338 e. The van der Waals surface area contributed by atoms with Crippen molar-refractivity contribution in [2.24, 2.45) is 0 Å². The Morgan fingerprint density at radius 2 is 2.22 bits per heavy atom. The Kier molecular flexibility index (Phi) is 5.87. The lowest BCUT2D eigenvalue weighted by Crippen LogP contribution is -2.46. The van der Waals surface area contributed by atoms with Crippen molar-refractivity contribution in [3.63, 3.8) is 0 Å². The molecule has 1 heterocycles. The molecule has 1 aromatic heterocycles. The minimum absolute atomic E-state index is 0.0168. The number of carbonyl (C=O) groups is 1. The molecule has 1 aromatic rings. The van der Waals surface area contributed by atoms with Crippen molar-refractivity contribution in [2.75, 3.05) is 0 Å². The van der Waals surface area contributed by atoms with Gasteiger partial charge in [0.1, 0.15) is 5.54 Å². The van der Waals surface area contributed by atoms with Gasteiger partial charge >= 0.3 is 0 Å². The molecule has 0 unspecified atom stereocenters. The summed E-state index contributed by atoms with van der Waals surface area (Å²) in [5.41, 5.74) is -0.681. The Morgan fingerprint density at radius 3 is 2.72 bits per heavy atom. The highest BCUT2D eigenvalue weighted by Gasteiger charge is 2.27. The van der Waals surface area contributed by atoms with Gasteiger partial charge in [-0.15, -0.1) is 11.3 Å². The van der Waals surface area contributed by atoms with Gasteiger partial charge in [-0.1, -0.05) is 19.9 Å². The second-order valence-electron chi connectivity index (χ2n) is 4.38. The van der Waals surface area contributed by atoms with Gasteiger partial charge in [-0.05, 0) is 37.1 Å². The summed E-state index contributed by atoms with van der Waals surface area (Å²) in [5.74, 6) is -0.0168. The molecule has 0 fully saturated rings. The van der Waals surface area contributed by atoms with Crippen LogP contribution >= 0.6 is 11.3 Å². The Morgan fingerprint density at radius 1 is 1.50 bits per heavy atom. The van der Waals surface area contributed by atoms with E-state index in [1.807, 2.05) is 25.3 Å². The van der Waals surface area contributed by atoms with Gasteiger partial charge in [0.2, 0.25) is 5.91 Å². The summed E-state index contributed by atoms with van der Waals surface area (Å²) in [6, 6.07) is 6.33. The predicted molar refractivity (Wildman–Crippen MR) is 74.3 cm³/mol. The predicted octanol–water partition coefficient (Wildman–Crippen LogP) is 3.27. The maximum atomic E-state index is 11.8. The summed E-state index contributed by atoms with van der Waals surface area (Å²) in [6.07, 6.45) is 3.55. The summed E-state index contributed by atoms with van der Waals surface area (Å²) in [7, 11) is 0. The standard InChI is InChI=1S/C14H20N2OS/c1-3-14(4-2,11-15)16-13(17)9-5-7-12-8-6-10-18-12/h6,8,10H,3-5,7,9H2,1-2H3,(H,16,17). The molecule has 1 amide bonds. The number of hydrogen-bond donors (Lipinski definition) is 1. The zero-order chi connectivity index (χ0) is 13.4. The molecule has 98 valence electrons. The van der Waals surface area contributed by atoms with Gasteiger partial charge in [-0.3, -0.25) is 4.79 Å². The Bertz CT molecular complexity index is 402. The zero-order valence-corrected chi connectivity index (χ0v) is 11.8. The first-order valence-electron chi connectivity index (χ1n) is 6.40. The summed E-state index contributed by atoms with van der Waals surface area (Å²) in [5, 5.41) is 14.0. The van der Waals surface area contributed by atoms with Crippen molar-refractivity contribution < 1.29 is 4.79 Å². The average molecular weight is 264 g/mol. The highest BCUT2D eigenvalue weighted by molar-refractivity contribution is 7.09. The molecule has 0 aliphatic heterocycles. The number of nitrogens with one attached hydrogen (secondary N) is 1.